The number of fused-ring (bicyclic) bond motifs is 3. The summed E-state index contributed by atoms with van der Waals surface area (Å²) in [5.74, 6) is -4.61. The summed E-state index contributed by atoms with van der Waals surface area (Å²) in [7, 11) is 1.81. The van der Waals surface area contributed by atoms with Crippen molar-refractivity contribution in [2.75, 3.05) is 39.8 Å². The highest BCUT2D eigenvalue weighted by Gasteiger charge is 2.49. The van der Waals surface area contributed by atoms with E-state index in [4.69, 9.17) is 16.3 Å². The number of nitrogens with one attached hydrogen (secondary N) is 3. The molecule has 0 unspecified atom stereocenters. The van der Waals surface area contributed by atoms with Crippen LogP contribution in [0.4, 0.5) is 0 Å². The van der Waals surface area contributed by atoms with Crippen molar-refractivity contribution in [1.29, 1.82) is 0 Å². The molecule has 4 saturated heterocycles. The van der Waals surface area contributed by atoms with Gasteiger partial charge in [-0.25, -0.2) is 4.79 Å². The van der Waals surface area contributed by atoms with Gasteiger partial charge in [0.15, 0.2) is 0 Å². The minimum Gasteiger partial charge on any atom is -0.458 e. The molecule has 0 aromatic heterocycles. The third-order valence-corrected chi connectivity index (χ3v) is 11.9. The number of nitrogens with zero attached hydrogens (tertiary/aromatic N) is 4. The van der Waals surface area contributed by atoms with Crippen LogP contribution < -0.4 is 16.0 Å². The number of carbonyl (C=O) groups is 7. The van der Waals surface area contributed by atoms with Gasteiger partial charge in [0.05, 0.1) is 12.5 Å². The molecule has 0 radical (unpaired) electrons. The van der Waals surface area contributed by atoms with Crippen molar-refractivity contribution < 1.29 is 43.4 Å². The normalized spacial score (nSPS) is 28.9. The molecule has 4 aliphatic rings. The quantitative estimate of drug-likeness (QED) is 0.280. The minimum atomic E-state index is -1.60. The van der Waals surface area contributed by atoms with Gasteiger partial charge < -0.3 is 45.4 Å². The van der Waals surface area contributed by atoms with Crippen LogP contribution in [0.15, 0.2) is 48.5 Å². The van der Waals surface area contributed by atoms with Crippen LogP contribution >= 0.6 is 11.6 Å². The molecule has 17 heteroatoms. The number of hydrogen-bond acceptors (Lipinski definition) is 10. The Labute approximate surface area is 348 Å². The molecule has 16 nitrogen and oxygen atoms in total. The van der Waals surface area contributed by atoms with Gasteiger partial charge >= 0.3 is 5.97 Å². The number of cyclic esters (lactones) is 1. The molecule has 2 aromatic carbocycles. The number of esters is 1. The fourth-order valence-corrected chi connectivity index (χ4v) is 8.61. The maximum atomic E-state index is 14.8. The highest BCUT2D eigenvalue weighted by Crippen LogP contribution is 2.28. The average Bonchev–Trinajstić information content (AvgIpc) is 3.78. The highest BCUT2D eigenvalue weighted by molar-refractivity contribution is 6.30. The Kier molecular flexibility index (Phi) is 13.6. The van der Waals surface area contributed by atoms with Crippen molar-refractivity contribution in [3.63, 3.8) is 0 Å². The van der Waals surface area contributed by atoms with Crippen molar-refractivity contribution in [2.45, 2.75) is 102 Å². The standard InChI is InChI=1S/C42H54ClN7O9/c1-23-7-6-8-28(15-23)17-31(45-35(52)18-27-9-11-29(43)12-10-27)37(53)46-36-26(4)59-42(58)33-16-24(2)20-49(33)39(55)25(3)44-38(54)34-22-47(5)13-14-48(34)40(56)32-19-30(51)21-50(32)41(36)57/h6-12,15,24-26,30-34,36,51H,13-14,16-22H2,1-5H3,(H,44,54)(H,45,52)(H,46,53)/t24-,25+,26+,30-,31+,32+,33+,34+,36+/m1/s1. The Morgan fingerprint density at radius 2 is 1.58 bits per heavy atom. The first-order valence-electron chi connectivity index (χ1n) is 20.2. The second-order valence-electron chi connectivity index (χ2n) is 16.5. The molecule has 4 aliphatic heterocycles. The lowest BCUT2D eigenvalue weighted by molar-refractivity contribution is -0.163. The van der Waals surface area contributed by atoms with Crippen LogP contribution in [0.1, 0.15) is 50.3 Å². The Hall–Kier alpha value is -5.06. The number of carbonyl (C=O) groups excluding carboxylic acids is 7. The van der Waals surface area contributed by atoms with Gasteiger partial charge in [0.2, 0.25) is 35.4 Å². The number of aliphatic hydroxyl groups excluding tert-OH is 1. The van der Waals surface area contributed by atoms with Crippen LogP contribution in [0.5, 0.6) is 0 Å². The second-order valence-corrected chi connectivity index (χ2v) is 17.0. The number of aliphatic hydroxyl groups is 1. The minimum absolute atomic E-state index is 0.0422. The summed E-state index contributed by atoms with van der Waals surface area (Å²) in [5.41, 5.74) is 2.31. The molecular weight excluding hydrogens is 782 g/mol. The van der Waals surface area contributed by atoms with Gasteiger partial charge in [-0.3, -0.25) is 28.8 Å². The zero-order chi connectivity index (χ0) is 42.7. The second kappa shape index (κ2) is 18.5. The van der Waals surface area contributed by atoms with E-state index in [0.29, 0.717) is 17.1 Å². The fraction of sp³-hybridized carbons (Fsp3) is 0.548. The Morgan fingerprint density at radius 3 is 2.29 bits per heavy atom. The van der Waals surface area contributed by atoms with Gasteiger partial charge in [0.25, 0.3) is 0 Å². The monoisotopic (exact) mass is 835 g/mol. The predicted molar refractivity (Wildman–Crippen MR) is 215 cm³/mol. The Balaban J connectivity index is 1.35. The van der Waals surface area contributed by atoms with Crippen LogP contribution in [0.3, 0.4) is 0 Å². The number of piperazine rings is 1. The Morgan fingerprint density at radius 1 is 0.864 bits per heavy atom. The van der Waals surface area contributed by atoms with Gasteiger partial charge in [-0.15, -0.1) is 0 Å². The van der Waals surface area contributed by atoms with E-state index < -0.39 is 89.9 Å². The molecule has 0 bridgehead atoms. The molecule has 0 spiro atoms. The zero-order valence-corrected chi connectivity index (χ0v) is 34.8. The van der Waals surface area contributed by atoms with Gasteiger partial charge in [0, 0.05) is 50.6 Å². The van der Waals surface area contributed by atoms with Crippen molar-refractivity contribution in [3.05, 3.63) is 70.2 Å². The van der Waals surface area contributed by atoms with Crippen molar-refractivity contribution >= 4 is 53.0 Å². The summed E-state index contributed by atoms with van der Waals surface area (Å²) in [5, 5.41) is 19.8. The third-order valence-electron chi connectivity index (χ3n) is 11.6. The van der Waals surface area contributed by atoms with Crippen LogP contribution in [-0.2, 0) is 51.1 Å². The van der Waals surface area contributed by atoms with E-state index in [1.54, 1.807) is 31.3 Å². The molecule has 6 amide bonds. The molecule has 0 aliphatic carbocycles. The van der Waals surface area contributed by atoms with Crippen LogP contribution in [0.2, 0.25) is 5.02 Å². The zero-order valence-electron chi connectivity index (χ0n) is 34.1. The van der Waals surface area contributed by atoms with E-state index in [1.165, 1.54) is 28.5 Å². The molecule has 4 N–H and O–H groups in total. The number of likely N-dealkylation sites (N-methyl/N-ethyl adjacent to an activating group) is 1. The maximum absolute atomic E-state index is 14.8. The summed E-state index contributed by atoms with van der Waals surface area (Å²) in [6, 6.07) is 6.97. The largest absolute Gasteiger partial charge is 0.458 e. The topological polar surface area (TPSA) is 198 Å². The third kappa shape index (κ3) is 10.2. The smallest absolute Gasteiger partial charge is 0.329 e. The first-order chi connectivity index (χ1) is 28.0. The summed E-state index contributed by atoms with van der Waals surface area (Å²) < 4.78 is 5.94. The van der Waals surface area contributed by atoms with E-state index >= 15 is 0 Å². The lowest BCUT2D eigenvalue weighted by Gasteiger charge is -2.42. The SMILES string of the molecule is Cc1cccc(C[C@H](NC(=O)Cc2ccc(Cl)cc2)C(=O)N[C@@H]2C(=O)N3C[C@H](O)C[C@H]3C(=O)N3CCN(C)C[C@H]3C(=O)N[C@@H](C)C(=O)N3C[C@H](C)C[C@H]3C(=O)O[C@H]2C)c1. The molecule has 9 atom stereocenters. The predicted octanol–water partition coefficient (Wildman–Crippen LogP) is 0.195. The number of amides is 6. The van der Waals surface area contributed by atoms with E-state index in [2.05, 4.69) is 16.0 Å². The molecular formula is C42H54ClN7O9. The number of benzene rings is 2. The van der Waals surface area contributed by atoms with E-state index in [-0.39, 0.29) is 57.8 Å². The first-order valence-corrected chi connectivity index (χ1v) is 20.6. The van der Waals surface area contributed by atoms with E-state index in [0.717, 1.165) is 11.1 Å². The summed E-state index contributed by atoms with van der Waals surface area (Å²) in [6.45, 7) is 7.40. The summed E-state index contributed by atoms with van der Waals surface area (Å²) in [4.78, 5) is 105. The van der Waals surface area contributed by atoms with Crippen molar-refractivity contribution in [2.24, 2.45) is 5.92 Å². The van der Waals surface area contributed by atoms with Gasteiger partial charge in [-0.05, 0) is 63.4 Å². The fourth-order valence-electron chi connectivity index (χ4n) is 8.48. The lowest BCUT2D eigenvalue weighted by atomic mass is 10.0. The van der Waals surface area contributed by atoms with Gasteiger partial charge in [0.1, 0.15) is 42.4 Å². The number of ether oxygens (including phenoxy) is 1. The molecule has 0 saturated carbocycles. The number of rotatable bonds is 7. The first kappa shape index (κ1) is 43.5. The van der Waals surface area contributed by atoms with E-state index in [1.807, 2.05) is 43.0 Å². The van der Waals surface area contributed by atoms with Gasteiger partial charge in [-0.1, -0.05) is 60.5 Å². The molecule has 318 valence electrons. The lowest BCUT2D eigenvalue weighted by Crippen LogP contribution is -2.65. The summed E-state index contributed by atoms with van der Waals surface area (Å²) >= 11 is 6.04. The number of aryl methyl sites for hydroxylation is 1. The molecule has 2 aromatic rings. The Bertz CT molecular complexity index is 1950. The summed E-state index contributed by atoms with van der Waals surface area (Å²) in [6.07, 6.45) is -2.36. The number of halogens is 1. The van der Waals surface area contributed by atoms with Crippen LogP contribution in [-0.4, -0.2) is 154 Å². The van der Waals surface area contributed by atoms with Crippen molar-refractivity contribution in [1.82, 2.24) is 35.6 Å². The molecule has 4 heterocycles. The number of hydrogen-bond donors (Lipinski definition) is 4. The van der Waals surface area contributed by atoms with Crippen molar-refractivity contribution in [3.8, 4) is 0 Å². The molecule has 6 rings (SSSR count). The highest BCUT2D eigenvalue weighted by atomic mass is 35.5. The van der Waals surface area contributed by atoms with E-state index in [9.17, 15) is 38.7 Å². The molecule has 4 fully saturated rings. The van der Waals surface area contributed by atoms with Crippen LogP contribution in [0.25, 0.3) is 0 Å². The van der Waals surface area contributed by atoms with Crippen LogP contribution in [0, 0.1) is 12.8 Å². The molecule has 59 heavy (non-hydrogen) atoms. The van der Waals surface area contributed by atoms with Gasteiger partial charge in [-0.2, -0.15) is 0 Å². The average molecular weight is 836 g/mol. The maximum Gasteiger partial charge on any atom is 0.329 e.